The van der Waals surface area contributed by atoms with Gasteiger partial charge >= 0.3 is 0 Å². The van der Waals surface area contributed by atoms with Crippen LogP contribution in [0.5, 0.6) is 0 Å². The highest BCUT2D eigenvalue weighted by molar-refractivity contribution is 7.09. The average molecular weight is 445 g/mol. The summed E-state index contributed by atoms with van der Waals surface area (Å²) in [5.41, 5.74) is 0.921. The molecule has 5 heterocycles. The second-order valence-electron chi connectivity index (χ2n) is 9.21. The summed E-state index contributed by atoms with van der Waals surface area (Å²) < 4.78 is 7.38. The number of aryl methyl sites for hydroxylation is 1. The lowest BCUT2D eigenvalue weighted by atomic mass is 9.73. The number of nitrogens with zero attached hydrogens (tertiary/aromatic N) is 6. The number of thiazole rings is 1. The van der Waals surface area contributed by atoms with E-state index in [1.807, 2.05) is 29.5 Å². The number of amides is 1. The van der Waals surface area contributed by atoms with Gasteiger partial charge < -0.3 is 9.64 Å². The van der Waals surface area contributed by atoms with E-state index in [2.05, 4.69) is 31.0 Å². The van der Waals surface area contributed by atoms with Crippen molar-refractivity contribution in [2.45, 2.75) is 25.9 Å². The van der Waals surface area contributed by atoms with Gasteiger partial charge in [-0.05, 0) is 25.3 Å². The Labute approximate surface area is 187 Å². The molecule has 8 nitrogen and oxygen atoms in total. The Hall–Kier alpha value is -1.81. The van der Waals surface area contributed by atoms with Gasteiger partial charge in [0.25, 0.3) is 0 Å². The second-order valence-corrected chi connectivity index (χ2v) is 10.2. The SMILES string of the molecule is Cn1cc(CN2C[C@@H]3CN(Cc4nccs4)CCC[C@]3(C(=O)N3CCOCC3)C2)cn1. The van der Waals surface area contributed by atoms with Crippen LogP contribution in [0.2, 0.25) is 0 Å². The topological polar surface area (TPSA) is 66.7 Å². The van der Waals surface area contributed by atoms with Crippen molar-refractivity contribution >= 4 is 17.2 Å². The lowest BCUT2D eigenvalue weighted by Gasteiger charge is -2.39. The molecule has 0 saturated carbocycles. The molecule has 3 fully saturated rings. The van der Waals surface area contributed by atoms with Crippen LogP contribution in [-0.2, 0) is 29.7 Å². The summed E-state index contributed by atoms with van der Waals surface area (Å²) in [6.45, 7) is 8.29. The molecule has 5 rings (SSSR count). The summed E-state index contributed by atoms with van der Waals surface area (Å²) in [4.78, 5) is 25.5. The van der Waals surface area contributed by atoms with Gasteiger partial charge in [0.15, 0.2) is 0 Å². The van der Waals surface area contributed by atoms with Gasteiger partial charge in [-0.3, -0.25) is 19.3 Å². The van der Waals surface area contributed by atoms with Gasteiger partial charge in [0.2, 0.25) is 5.91 Å². The number of fused-ring (bicyclic) bond motifs is 1. The zero-order valence-corrected chi connectivity index (χ0v) is 19.1. The van der Waals surface area contributed by atoms with E-state index in [1.165, 1.54) is 5.56 Å². The van der Waals surface area contributed by atoms with Crippen LogP contribution >= 0.6 is 11.3 Å². The minimum absolute atomic E-state index is 0.294. The van der Waals surface area contributed by atoms with Crippen LogP contribution < -0.4 is 0 Å². The number of morpholine rings is 1. The number of likely N-dealkylation sites (tertiary alicyclic amines) is 2. The fourth-order valence-corrected chi connectivity index (χ4v) is 6.30. The summed E-state index contributed by atoms with van der Waals surface area (Å²) in [6, 6.07) is 0. The van der Waals surface area contributed by atoms with E-state index in [0.717, 1.165) is 70.2 Å². The van der Waals surface area contributed by atoms with Gasteiger partial charge in [0.05, 0.1) is 31.4 Å². The molecular weight excluding hydrogens is 412 g/mol. The molecule has 31 heavy (non-hydrogen) atoms. The van der Waals surface area contributed by atoms with Gasteiger partial charge in [-0.2, -0.15) is 5.10 Å². The van der Waals surface area contributed by atoms with Crippen molar-refractivity contribution in [3.05, 3.63) is 34.5 Å². The summed E-state index contributed by atoms with van der Waals surface area (Å²) in [5, 5.41) is 7.54. The molecule has 0 aromatic carbocycles. The molecule has 168 valence electrons. The quantitative estimate of drug-likeness (QED) is 0.696. The van der Waals surface area contributed by atoms with Crippen LogP contribution in [0.4, 0.5) is 0 Å². The Morgan fingerprint density at radius 3 is 2.81 bits per heavy atom. The summed E-state index contributed by atoms with van der Waals surface area (Å²) in [7, 11) is 1.96. The molecule has 3 aliphatic heterocycles. The van der Waals surface area contributed by atoms with E-state index in [9.17, 15) is 4.79 Å². The van der Waals surface area contributed by atoms with Crippen molar-refractivity contribution in [1.29, 1.82) is 0 Å². The van der Waals surface area contributed by atoms with Crippen LogP contribution in [0.15, 0.2) is 24.0 Å². The van der Waals surface area contributed by atoms with E-state index >= 15 is 0 Å². The first kappa shape index (κ1) is 21.1. The van der Waals surface area contributed by atoms with E-state index in [1.54, 1.807) is 11.3 Å². The Morgan fingerprint density at radius 1 is 1.23 bits per heavy atom. The first-order valence-corrected chi connectivity index (χ1v) is 12.2. The molecule has 0 aliphatic carbocycles. The molecule has 9 heteroatoms. The Kier molecular flexibility index (Phi) is 6.10. The third-order valence-corrected chi connectivity index (χ3v) is 7.84. The Bertz CT molecular complexity index is 880. The highest BCUT2D eigenvalue weighted by Gasteiger charge is 2.54. The van der Waals surface area contributed by atoms with E-state index in [-0.39, 0.29) is 5.41 Å². The standard InChI is InChI=1S/C22H32N6O2S/c1-25-12-18(11-24-25)13-27-15-19-14-26(16-20-23-4-10-31-20)5-2-3-22(19,17-27)21(29)28-6-8-30-9-7-28/h4,10-12,19H,2-3,5-9,13-17H2,1H3/t19-,22-/m0/s1. The number of aromatic nitrogens is 3. The number of hydrogen-bond donors (Lipinski definition) is 0. The minimum atomic E-state index is -0.294. The largest absolute Gasteiger partial charge is 0.378 e. The fraction of sp³-hybridized carbons (Fsp3) is 0.682. The van der Waals surface area contributed by atoms with Crippen molar-refractivity contribution in [3.63, 3.8) is 0 Å². The Morgan fingerprint density at radius 2 is 2.06 bits per heavy atom. The zero-order chi connectivity index (χ0) is 21.3. The van der Waals surface area contributed by atoms with Gasteiger partial charge in [-0.15, -0.1) is 11.3 Å². The number of rotatable bonds is 5. The highest BCUT2D eigenvalue weighted by atomic mass is 32.1. The van der Waals surface area contributed by atoms with Gasteiger partial charge in [-0.1, -0.05) is 0 Å². The average Bonchev–Trinajstić information content (AvgIpc) is 3.48. The van der Waals surface area contributed by atoms with Crippen LogP contribution in [0, 0.1) is 11.3 Å². The lowest BCUT2D eigenvalue weighted by molar-refractivity contribution is -0.148. The molecule has 2 aromatic heterocycles. The van der Waals surface area contributed by atoms with Crippen molar-refractivity contribution in [3.8, 4) is 0 Å². The molecule has 2 atom stereocenters. The van der Waals surface area contributed by atoms with E-state index < -0.39 is 0 Å². The van der Waals surface area contributed by atoms with Gasteiger partial charge in [-0.25, -0.2) is 4.98 Å². The fourth-order valence-electron chi connectivity index (χ4n) is 5.64. The number of carbonyl (C=O) groups is 1. The van der Waals surface area contributed by atoms with Crippen molar-refractivity contribution in [1.82, 2.24) is 29.5 Å². The van der Waals surface area contributed by atoms with Crippen LogP contribution in [-0.4, -0.2) is 87.9 Å². The molecule has 1 amide bonds. The van der Waals surface area contributed by atoms with Gasteiger partial charge in [0, 0.05) is 69.7 Å². The monoisotopic (exact) mass is 444 g/mol. The lowest BCUT2D eigenvalue weighted by Crippen LogP contribution is -2.52. The maximum absolute atomic E-state index is 13.9. The van der Waals surface area contributed by atoms with E-state index in [0.29, 0.717) is 25.0 Å². The number of ether oxygens (including phenoxy) is 1. The zero-order valence-electron chi connectivity index (χ0n) is 18.3. The maximum atomic E-state index is 13.9. The molecule has 3 aliphatic rings. The Balaban J connectivity index is 1.37. The molecule has 2 aromatic rings. The van der Waals surface area contributed by atoms with Crippen molar-refractivity contribution < 1.29 is 9.53 Å². The summed E-state index contributed by atoms with van der Waals surface area (Å²) >= 11 is 1.72. The smallest absolute Gasteiger partial charge is 0.230 e. The molecule has 3 saturated heterocycles. The first-order valence-electron chi connectivity index (χ1n) is 11.3. The number of hydrogen-bond acceptors (Lipinski definition) is 7. The predicted octanol–water partition coefficient (Wildman–Crippen LogP) is 1.45. The normalized spacial score (nSPS) is 27.9. The van der Waals surface area contributed by atoms with Crippen molar-refractivity contribution in [2.24, 2.45) is 18.4 Å². The summed E-state index contributed by atoms with van der Waals surface area (Å²) in [5.74, 6) is 0.688. The molecule has 0 unspecified atom stereocenters. The number of carbonyl (C=O) groups excluding carboxylic acids is 1. The molecular formula is C22H32N6O2S. The molecule has 0 spiro atoms. The minimum Gasteiger partial charge on any atom is -0.378 e. The van der Waals surface area contributed by atoms with Crippen LogP contribution in [0.1, 0.15) is 23.4 Å². The summed E-state index contributed by atoms with van der Waals surface area (Å²) in [6.07, 6.45) is 7.93. The van der Waals surface area contributed by atoms with E-state index in [4.69, 9.17) is 4.74 Å². The highest BCUT2D eigenvalue weighted by Crippen LogP contribution is 2.45. The second kappa shape index (κ2) is 8.97. The molecule has 0 bridgehead atoms. The maximum Gasteiger partial charge on any atom is 0.230 e. The molecule has 0 radical (unpaired) electrons. The van der Waals surface area contributed by atoms with Crippen LogP contribution in [0.25, 0.3) is 0 Å². The van der Waals surface area contributed by atoms with Crippen LogP contribution in [0.3, 0.4) is 0 Å². The first-order chi connectivity index (χ1) is 15.1. The van der Waals surface area contributed by atoms with Crippen molar-refractivity contribution in [2.75, 3.05) is 52.5 Å². The predicted molar refractivity (Wildman–Crippen MR) is 118 cm³/mol. The molecule has 0 N–H and O–H groups in total. The third-order valence-electron chi connectivity index (χ3n) is 7.07. The third kappa shape index (κ3) is 4.41. The van der Waals surface area contributed by atoms with Gasteiger partial charge in [0.1, 0.15) is 5.01 Å².